The molecular formula is C26H29FN4O3S. The van der Waals surface area contributed by atoms with Crippen molar-refractivity contribution < 1.29 is 18.7 Å². The van der Waals surface area contributed by atoms with Crippen molar-refractivity contribution in [3.05, 3.63) is 53.3 Å². The summed E-state index contributed by atoms with van der Waals surface area (Å²) in [4.78, 5) is 28.3. The first kappa shape index (κ1) is 26.1. The Morgan fingerprint density at radius 1 is 1.23 bits per heavy atom. The van der Waals surface area contributed by atoms with Crippen LogP contribution in [0.4, 0.5) is 15.8 Å². The number of nitriles is 1. The molecule has 1 N–H and O–H groups in total. The Balaban J connectivity index is 1.91. The predicted octanol–water partition coefficient (Wildman–Crippen LogP) is 4.33. The fraction of sp³-hybridized carbons (Fsp3) is 0.385. The number of carbonyl (C=O) groups is 2. The average Bonchev–Trinajstić information content (AvgIpc) is 3.00. The van der Waals surface area contributed by atoms with Gasteiger partial charge >= 0.3 is 0 Å². The average molecular weight is 497 g/mol. The number of halogens is 1. The standard InChI is InChI=1S/C26H29FN4O3S/c1-25(2,22(32)29-5)14-13-16-7-10-18(11-8-16)31-24(35)30(23(33)26(31,3)4)19-12-9-17(15-28)21(34-6)20(19)27/h7-12H,13-14H2,1-6H3,(H,29,32). The minimum Gasteiger partial charge on any atom is -0.492 e. The zero-order chi connectivity index (χ0) is 26.1. The quantitative estimate of drug-likeness (QED) is 0.575. The molecule has 184 valence electrons. The molecule has 2 aromatic carbocycles. The van der Waals surface area contributed by atoms with Gasteiger partial charge in [0.15, 0.2) is 16.7 Å². The summed E-state index contributed by atoms with van der Waals surface area (Å²) < 4.78 is 20.3. The molecule has 7 nitrogen and oxygen atoms in total. The molecule has 35 heavy (non-hydrogen) atoms. The van der Waals surface area contributed by atoms with Gasteiger partial charge in [0.05, 0.1) is 18.4 Å². The highest BCUT2D eigenvalue weighted by Crippen LogP contribution is 2.39. The second-order valence-corrected chi connectivity index (χ2v) is 9.90. The van der Waals surface area contributed by atoms with Crippen molar-refractivity contribution >= 4 is 40.5 Å². The normalized spacial score (nSPS) is 15.3. The highest BCUT2D eigenvalue weighted by Gasteiger charge is 2.51. The van der Waals surface area contributed by atoms with E-state index in [0.717, 1.165) is 10.5 Å². The third-order valence-electron chi connectivity index (χ3n) is 6.39. The van der Waals surface area contributed by atoms with Gasteiger partial charge < -0.3 is 15.0 Å². The van der Waals surface area contributed by atoms with Crippen molar-refractivity contribution in [2.24, 2.45) is 5.41 Å². The van der Waals surface area contributed by atoms with E-state index in [9.17, 15) is 14.9 Å². The summed E-state index contributed by atoms with van der Waals surface area (Å²) in [6, 6.07) is 12.2. The molecule has 1 fully saturated rings. The Morgan fingerprint density at radius 3 is 2.40 bits per heavy atom. The highest BCUT2D eigenvalue weighted by atomic mass is 32.1. The third-order valence-corrected chi connectivity index (χ3v) is 6.75. The number of hydrogen-bond donors (Lipinski definition) is 1. The van der Waals surface area contributed by atoms with Crippen molar-refractivity contribution in [3.63, 3.8) is 0 Å². The highest BCUT2D eigenvalue weighted by molar-refractivity contribution is 7.81. The lowest BCUT2D eigenvalue weighted by Gasteiger charge is -2.29. The fourth-order valence-corrected chi connectivity index (χ4v) is 4.68. The minimum atomic E-state index is -1.08. The van der Waals surface area contributed by atoms with Crippen LogP contribution in [0.5, 0.6) is 5.75 Å². The van der Waals surface area contributed by atoms with Gasteiger partial charge in [-0.1, -0.05) is 26.0 Å². The zero-order valence-corrected chi connectivity index (χ0v) is 21.5. The van der Waals surface area contributed by atoms with Gasteiger partial charge in [0.2, 0.25) is 5.91 Å². The second-order valence-electron chi connectivity index (χ2n) is 9.54. The molecule has 3 rings (SSSR count). The van der Waals surface area contributed by atoms with E-state index in [1.165, 1.54) is 19.2 Å². The Labute approximate surface area is 210 Å². The van der Waals surface area contributed by atoms with E-state index in [4.69, 9.17) is 17.0 Å². The van der Waals surface area contributed by atoms with E-state index in [2.05, 4.69) is 5.32 Å². The molecule has 0 spiro atoms. The maximum atomic E-state index is 15.2. The molecule has 0 unspecified atom stereocenters. The Bertz CT molecular complexity index is 1220. The minimum absolute atomic E-state index is 0.0106. The zero-order valence-electron chi connectivity index (χ0n) is 20.7. The van der Waals surface area contributed by atoms with Crippen molar-refractivity contribution in [1.82, 2.24) is 5.32 Å². The van der Waals surface area contributed by atoms with Crippen molar-refractivity contribution in [2.75, 3.05) is 24.0 Å². The van der Waals surface area contributed by atoms with E-state index in [-0.39, 0.29) is 28.0 Å². The van der Waals surface area contributed by atoms with Crippen LogP contribution in [0.2, 0.25) is 0 Å². The number of methoxy groups -OCH3 is 1. The molecule has 2 amide bonds. The Morgan fingerprint density at radius 2 is 1.86 bits per heavy atom. The molecule has 0 atom stereocenters. The number of aryl methyl sites for hydroxylation is 1. The summed E-state index contributed by atoms with van der Waals surface area (Å²) in [5, 5.41) is 12.0. The van der Waals surface area contributed by atoms with E-state index < -0.39 is 22.7 Å². The topological polar surface area (TPSA) is 85.7 Å². The summed E-state index contributed by atoms with van der Waals surface area (Å²) in [7, 11) is 2.89. The van der Waals surface area contributed by atoms with Crippen molar-refractivity contribution in [2.45, 2.75) is 46.1 Å². The molecule has 0 bridgehead atoms. The molecule has 0 saturated carbocycles. The van der Waals surface area contributed by atoms with Gasteiger partial charge in [0.1, 0.15) is 11.6 Å². The van der Waals surface area contributed by atoms with Crippen LogP contribution in [0, 0.1) is 22.6 Å². The van der Waals surface area contributed by atoms with Gasteiger partial charge in [-0.05, 0) is 68.7 Å². The molecular weight excluding hydrogens is 467 g/mol. The van der Waals surface area contributed by atoms with Gasteiger partial charge in [-0.15, -0.1) is 0 Å². The van der Waals surface area contributed by atoms with E-state index in [0.29, 0.717) is 18.5 Å². The first-order valence-electron chi connectivity index (χ1n) is 11.2. The Kier molecular flexibility index (Phi) is 7.18. The summed E-state index contributed by atoms with van der Waals surface area (Å²) >= 11 is 5.64. The second kappa shape index (κ2) is 9.62. The number of benzene rings is 2. The lowest BCUT2D eigenvalue weighted by molar-refractivity contribution is -0.129. The predicted molar refractivity (Wildman–Crippen MR) is 137 cm³/mol. The van der Waals surface area contributed by atoms with Crippen LogP contribution < -0.4 is 19.9 Å². The van der Waals surface area contributed by atoms with Crippen LogP contribution in [0.3, 0.4) is 0 Å². The number of amides is 2. The van der Waals surface area contributed by atoms with E-state index in [1.807, 2.05) is 44.2 Å². The number of ether oxygens (including phenoxy) is 1. The summed E-state index contributed by atoms with van der Waals surface area (Å²) in [6.45, 7) is 7.26. The number of rotatable bonds is 7. The largest absolute Gasteiger partial charge is 0.492 e. The van der Waals surface area contributed by atoms with Crippen LogP contribution in [0.25, 0.3) is 0 Å². The van der Waals surface area contributed by atoms with Crippen molar-refractivity contribution in [3.8, 4) is 11.8 Å². The smallest absolute Gasteiger partial charge is 0.259 e. The molecule has 0 aromatic heterocycles. The number of thiocarbonyl (C=S) groups is 1. The summed E-state index contributed by atoms with van der Waals surface area (Å²) in [6.07, 6.45) is 1.38. The lowest BCUT2D eigenvalue weighted by atomic mass is 9.85. The van der Waals surface area contributed by atoms with Gasteiger partial charge in [0, 0.05) is 18.2 Å². The van der Waals surface area contributed by atoms with E-state index in [1.54, 1.807) is 25.8 Å². The maximum Gasteiger partial charge on any atom is 0.259 e. The molecule has 1 saturated heterocycles. The van der Waals surface area contributed by atoms with Crippen molar-refractivity contribution in [1.29, 1.82) is 5.26 Å². The van der Waals surface area contributed by atoms with Gasteiger partial charge in [0.25, 0.3) is 5.91 Å². The van der Waals surface area contributed by atoms with Gasteiger partial charge in [-0.3, -0.25) is 14.5 Å². The molecule has 1 aliphatic heterocycles. The van der Waals surface area contributed by atoms with Crippen LogP contribution in [0.15, 0.2) is 36.4 Å². The lowest BCUT2D eigenvalue weighted by Crippen LogP contribution is -2.44. The molecule has 1 heterocycles. The third kappa shape index (κ3) is 4.58. The monoisotopic (exact) mass is 496 g/mol. The van der Waals surface area contributed by atoms with Crippen LogP contribution in [-0.4, -0.2) is 36.6 Å². The van der Waals surface area contributed by atoms with Crippen LogP contribution in [-0.2, 0) is 16.0 Å². The van der Waals surface area contributed by atoms with Crippen LogP contribution in [0.1, 0.15) is 45.2 Å². The number of nitrogens with zero attached hydrogens (tertiary/aromatic N) is 3. The molecule has 9 heteroatoms. The Hall–Kier alpha value is -3.51. The summed E-state index contributed by atoms with van der Waals surface area (Å²) in [5.74, 6) is -1.47. The van der Waals surface area contributed by atoms with Crippen LogP contribution >= 0.6 is 12.2 Å². The molecule has 2 aromatic rings. The molecule has 0 aliphatic carbocycles. The number of anilines is 2. The van der Waals surface area contributed by atoms with Gasteiger partial charge in [-0.25, -0.2) is 4.39 Å². The van der Waals surface area contributed by atoms with E-state index >= 15 is 4.39 Å². The molecule has 1 aliphatic rings. The number of hydrogen-bond acceptors (Lipinski definition) is 5. The SMILES string of the molecule is CNC(=O)C(C)(C)CCc1ccc(N2C(=S)N(c3ccc(C#N)c(OC)c3F)C(=O)C2(C)C)cc1. The maximum absolute atomic E-state index is 15.2. The summed E-state index contributed by atoms with van der Waals surface area (Å²) in [5.41, 5.74) is 0.112. The fourth-order valence-electron chi connectivity index (χ4n) is 4.17. The first-order chi connectivity index (χ1) is 16.4. The molecule has 0 radical (unpaired) electrons. The number of nitrogens with one attached hydrogen (secondary N) is 1. The first-order valence-corrected chi connectivity index (χ1v) is 11.6. The number of carbonyl (C=O) groups excluding carboxylic acids is 2. The van der Waals surface area contributed by atoms with Gasteiger partial charge in [-0.2, -0.15) is 5.26 Å².